The zero-order valence-corrected chi connectivity index (χ0v) is 19.7. The van der Waals surface area contributed by atoms with E-state index in [-0.39, 0.29) is 0 Å². The van der Waals surface area contributed by atoms with Crippen molar-refractivity contribution in [1.82, 2.24) is 9.97 Å². The van der Waals surface area contributed by atoms with Crippen molar-refractivity contribution in [2.45, 2.75) is 79.1 Å². The SMILES string of the molecule is CCCCN(CCCC)c1ccnc(-c2cc(N(CCCC)CCCC)ccn2)c1. The Balaban J connectivity index is 2.26. The Kier molecular flexibility index (Phi) is 11.3. The fraction of sp³-hybridized carbons (Fsp3) is 0.615. The molecule has 0 saturated heterocycles. The Labute approximate surface area is 184 Å². The largest absolute Gasteiger partial charge is 0.371 e. The van der Waals surface area contributed by atoms with Gasteiger partial charge in [-0.25, -0.2) is 0 Å². The highest BCUT2D eigenvalue weighted by Crippen LogP contribution is 2.25. The predicted octanol–water partition coefficient (Wildman–Crippen LogP) is 6.96. The number of hydrogen-bond donors (Lipinski definition) is 0. The summed E-state index contributed by atoms with van der Waals surface area (Å²) in [6, 6.07) is 8.74. The van der Waals surface area contributed by atoms with Crippen LogP contribution in [-0.4, -0.2) is 36.1 Å². The first-order valence-corrected chi connectivity index (χ1v) is 12.2. The van der Waals surface area contributed by atoms with Crippen LogP contribution in [-0.2, 0) is 0 Å². The summed E-state index contributed by atoms with van der Waals surface area (Å²) in [7, 11) is 0. The second kappa shape index (κ2) is 14.0. The average molecular weight is 411 g/mol. The van der Waals surface area contributed by atoms with Gasteiger partial charge in [0.25, 0.3) is 0 Å². The van der Waals surface area contributed by atoms with Crippen LogP contribution >= 0.6 is 0 Å². The first-order chi connectivity index (χ1) is 14.7. The van der Waals surface area contributed by atoms with Crippen molar-refractivity contribution in [3.8, 4) is 11.4 Å². The van der Waals surface area contributed by atoms with E-state index in [1.54, 1.807) is 0 Å². The Morgan fingerprint density at radius 2 is 0.900 bits per heavy atom. The third kappa shape index (κ3) is 7.62. The zero-order chi connectivity index (χ0) is 21.6. The van der Waals surface area contributed by atoms with Gasteiger partial charge in [0.1, 0.15) is 0 Å². The maximum atomic E-state index is 4.67. The van der Waals surface area contributed by atoms with E-state index in [0.29, 0.717) is 0 Å². The van der Waals surface area contributed by atoms with Gasteiger partial charge in [-0.2, -0.15) is 0 Å². The predicted molar refractivity (Wildman–Crippen MR) is 132 cm³/mol. The van der Waals surface area contributed by atoms with Crippen molar-refractivity contribution in [3.05, 3.63) is 36.7 Å². The lowest BCUT2D eigenvalue weighted by molar-refractivity contribution is 0.677. The topological polar surface area (TPSA) is 32.3 Å². The summed E-state index contributed by atoms with van der Waals surface area (Å²) < 4.78 is 0. The molecule has 0 radical (unpaired) electrons. The molecule has 0 fully saturated rings. The van der Waals surface area contributed by atoms with Gasteiger partial charge in [-0.1, -0.05) is 53.4 Å². The van der Waals surface area contributed by atoms with Gasteiger partial charge in [-0.05, 0) is 49.9 Å². The summed E-state index contributed by atoms with van der Waals surface area (Å²) in [5, 5.41) is 0. The van der Waals surface area contributed by atoms with Crippen molar-refractivity contribution >= 4 is 11.4 Å². The highest BCUT2D eigenvalue weighted by Gasteiger charge is 2.11. The van der Waals surface area contributed by atoms with Gasteiger partial charge >= 0.3 is 0 Å². The quantitative estimate of drug-likeness (QED) is 0.318. The monoisotopic (exact) mass is 410 g/mol. The van der Waals surface area contributed by atoms with E-state index in [2.05, 4.69) is 71.7 Å². The first-order valence-electron chi connectivity index (χ1n) is 12.2. The van der Waals surface area contributed by atoms with Crippen molar-refractivity contribution < 1.29 is 0 Å². The van der Waals surface area contributed by atoms with E-state index in [1.165, 1.54) is 62.7 Å². The van der Waals surface area contributed by atoms with Gasteiger partial charge in [0.05, 0.1) is 11.4 Å². The summed E-state index contributed by atoms with van der Waals surface area (Å²) in [5.74, 6) is 0. The number of anilines is 2. The molecule has 0 saturated carbocycles. The van der Waals surface area contributed by atoms with E-state index in [0.717, 1.165) is 37.6 Å². The lowest BCUT2D eigenvalue weighted by Gasteiger charge is -2.26. The van der Waals surface area contributed by atoms with E-state index in [4.69, 9.17) is 0 Å². The zero-order valence-electron chi connectivity index (χ0n) is 19.7. The van der Waals surface area contributed by atoms with Gasteiger partial charge in [-0.3, -0.25) is 9.97 Å². The molecule has 0 aliphatic heterocycles. The molecule has 0 atom stereocenters. The summed E-state index contributed by atoms with van der Waals surface area (Å²) in [6.07, 6.45) is 13.6. The summed E-state index contributed by atoms with van der Waals surface area (Å²) in [4.78, 5) is 14.4. The molecule has 2 aromatic rings. The summed E-state index contributed by atoms with van der Waals surface area (Å²) in [6.45, 7) is 13.5. The minimum atomic E-state index is 0.971. The highest BCUT2D eigenvalue weighted by atomic mass is 15.1. The van der Waals surface area contributed by atoms with Gasteiger partial charge < -0.3 is 9.80 Å². The van der Waals surface area contributed by atoms with Gasteiger partial charge in [0, 0.05) is 49.9 Å². The van der Waals surface area contributed by atoms with Gasteiger partial charge in [0.15, 0.2) is 0 Å². The van der Waals surface area contributed by atoms with Crippen LogP contribution in [0.25, 0.3) is 11.4 Å². The van der Waals surface area contributed by atoms with Crippen LogP contribution in [0.2, 0.25) is 0 Å². The minimum absolute atomic E-state index is 0.971. The van der Waals surface area contributed by atoms with Crippen LogP contribution < -0.4 is 9.80 Å². The number of rotatable bonds is 15. The molecule has 0 aliphatic rings. The lowest BCUT2D eigenvalue weighted by atomic mass is 10.1. The maximum absolute atomic E-state index is 4.67. The van der Waals surface area contributed by atoms with Crippen molar-refractivity contribution in [3.63, 3.8) is 0 Å². The minimum Gasteiger partial charge on any atom is -0.371 e. The molecule has 166 valence electrons. The first kappa shape index (κ1) is 24.2. The van der Waals surface area contributed by atoms with Crippen molar-refractivity contribution in [1.29, 1.82) is 0 Å². The summed E-state index contributed by atoms with van der Waals surface area (Å²) >= 11 is 0. The fourth-order valence-corrected chi connectivity index (χ4v) is 3.65. The van der Waals surface area contributed by atoms with E-state index >= 15 is 0 Å². The Morgan fingerprint density at radius 3 is 1.20 bits per heavy atom. The standard InChI is InChI=1S/C26H42N4/c1-5-9-17-29(18-10-6-2)23-13-15-27-25(21-23)26-22-24(14-16-28-26)30(19-11-7-3)20-12-8-4/h13-16,21-22H,5-12,17-20H2,1-4H3. The molecule has 0 N–H and O–H groups in total. The molecule has 0 unspecified atom stereocenters. The summed E-state index contributed by atoms with van der Waals surface area (Å²) in [5.41, 5.74) is 4.47. The average Bonchev–Trinajstić information content (AvgIpc) is 2.79. The third-order valence-corrected chi connectivity index (χ3v) is 5.61. The van der Waals surface area contributed by atoms with Gasteiger partial charge in [-0.15, -0.1) is 0 Å². The molecule has 0 amide bonds. The van der Waals surface area contributed by atoms with Crippen LogP contribution in [0.4, 0.5) is 11.4 Å². The maximum Gasteiger partial charge on any atom is 0.0907 e. The van der Waals surface area contributed by atoms with Crippen LogP contribution in [0.15, 0.2) is 36.7 Å². The molecular weight excluding hydrogens is 368 g/mol. The van der Waals surface area contributed by atoms with E-state index < -0.39 is 0 Å². The molecular formula is C26H42N4. The normalized spacial score (nSPS) is 10.9. The van der Waals surface area contributed by atoms with Crippen LogP contribution in [0, 0.1) is 0 Å². The molecule has 0 aromatic carbocycles. The number of aromatic nitrogens is 2. The molecule has 0 spiro atoms. The number of pyridine rings is 2. The van der Waals surface area contributed by atoms with Crippen LogP contribution in [0.5, 0.6) is 0 Å². The molecule has 0 bridgehead atoms. The molecule has 30 heavy (non-hydrogen) atoms. The highest BCUT2D eigenvalue weighted by molar-refractivity contribution is 5.65. The smallest absolute Gasteiger partial charge is 0.0907 e. The van der Waals surface area contributed by atoms with E-state index in [1.807, 2.05) is 12.4 Å². The van der Waals surface area contributed by atoms with Crippen molar-refractivity contribution in [2.24, 2.45) is 0 Å². The number of nitrogens with zero attached hydrogens (tertiary/aromatic N) is 4. The molecule has 2 aromatic heterocycles. The molecule has 2 heterocycles. The van der Waals surface area contributed by atoms with Gasteiger partial charge in [0.2, 0.25) is 0 Å². The Bertz CT molecular complexity index is 638. The molecule has 4 nitrogen and oxygen atoms in total. The molecule has 0 aliphatic carbocycles. The number of unbranched alkanes of at least 4 members (excludes halogenated alkanes) is 4. The third-order valence-electron chi connectivity index (χ3n) is 5.61. The molecule has 2 rings (SSSR count). The second-order valence-electron chi connectivity index (χ2n) is 8.19. The lowest BCUT2D eigenvalue weighted by Crippen LogP contribution is -2.26. The van der Waals surface area contributed by atoms with Crippen molar-refractivity contribution in [2.75, 3.05) is 36.0 Å². The van der Waals surface area contributed by atoms with E-state index in [9.17, 15) is 0 Å². The Hall–Kier alpha value is -2.10. The number of hydrogen-bond acceptors (Lipinski definition) is 4. The van der Waals surface area contributed by atoms with Crippen LogP contribution in [0.1, 0.15) is 79.1 Å². The Morgan fingerprint density at radius 1 is 0.567 bits per heavy atom. The fourth-order valence-electron chi connectivity index (χ4n) is 3.65. The molecule has 4 heteroatoms. The second-order valence-corrected chi connectivity index (χ2v) is 8.19. The van der Waals surface area contributed by atoms with Crippen LogP contribution in [0.3, 0.4) is 0 Å².